The van der Waals surface area contributed by atoms with Crippen molar-refractivity contribution in [1.82, 2.24) is 0 Å². The molecule has 0 radical (unpaired) electrons. The molecule has 1 aromatic rings. The maximum atomic E-state index is 11.3. The summed E-state index contributed by atoms with van der Waals surface area (Å²) in [5.41, 5.74) is 5.83. The molecule has 1 unspecified atom stereocenters. The number of rotatable bonds is 4. The molecular formula is C11H15N3O4S. The molecule has 0 amide bonds. The fraction of sp³-hybridized carbons (Fsp3) is 0.455. The maximum Gasteiger partial charge on any atom is 0.314 e. The highest BCUT2D eigenvalue weighted by Gasteiger charge is 2.28. The van der Waals surface area contributed by atoms with Crippen LogP contribution >= 0.6 is 0 Å². The lowest BCUT2D eigenvalue weighted by molar-refractivity contribution is -0.383. The van der Waals surface area contributed by atoms with Crippen LogP contribution in [0.15, 0.2) is 18.2 Å². The number of nitrogens with one attached hydrogen (secondary N) is 1. The van der Waals surface area contributed by atoms with Gasteiger partial charge in [0.25, 0.3) is 0 Å². The molecule has 1 saturated heterocycles. The quantitative estimate of drug-likeness (QED) is 0.485. The molecule has 1 fully saturated rings. The van der Waals surface area contributed by atoms with Crippen LogP contribution in [0.3, 0.4) is 0 Å². The molecule has 7 nitrogen and oxygen atoms in total. The number of nitro groups is 1. The molecule has 104 valence electrons. The molecule has 1 atom stereocenters. The van der Waals surface area contributed by atoms with Crippen molar-refractivity contribution in [2.75, 3.05) is 29.1 Å². The zero-order valence-electron chi connectivity index (χ0n) is 10.2. The molecule has 1 aliphatic heterocycles. The van der Waals surface area contributed by atoms with Crippen LogP contribution in [-0.2, 0) is 9.84 Å². The SMILES string of the molecule is Nc1cccc(NCC2CCS(=O)(=O)C2)c1[N+](=O)[O-]. The first-order valence-electron chi connectivity index (χ1n) is 5.86. The van der Waals surface area contributed by atoms with E-state index in [0.29, 0.717) is 18.7 Å². The number of nitrogen functional groups attached to an aromatic ring is 1. The first-order chi connectivity index (χ1) is 8.89. The predicted molar refractivity (Wildman–Crippen MR) is 72.8 cm³/mol. The largest absolute Gasteiger partial charge is 0.393 e. The second-order valence-corrected chi connectivity index (χ2v) is 6.88. The minimum atomic E-state index is -2.93. The van der Waals surface area contributed by atoms with Gasteiger partial charge in [-0.3, -0.25) is 10.1 Å². The standard InChI is InChI=1S/C11H15N3O4S/c12-9-2-1-3-10(11(9)14(15)16)13-6-8-4-5-19(17,18)7-8/h1-3,8,13H,4-7,12H2. The predicted octanol–water partition coefficient (Wildman–Crippen LogP) is 1.02. The number of hydrogen-bond acceptors (Lipinski definition) is 6. The van der Waals surface area contributed by atoms with E-state index in [4.69, 9.17) is 5.73 Å². The second-order valence-electron chi connectivity index (χ2n) is 4.65. The summed E-state index contributed by atoms with van der Waals surface area (Å²) in [5.74, 6) is 0.320. The van der Waals surface area contributed by atoms with Crippen molar-refractivity contribution in [3.05, 3.63) is 28.3 Å². The molecule has 1 aromatic carbocycles. The lowest BCUT2D eigenvalue weighted by Crippen LogP contribution is -2.16. The van der Waals surface area contributed by atoms with Crippen LogP contribution in [-0.4, -0.2) is 31.4 Å². The van der Waals surface area contributed by atoms with Gasteiger partial charge in [-0.15, -0.1) is 0 Å². The Morgan fingerprint density at radius 1 is 1.47 bits per heavy atom. The van der Waals surface area contributed by atoms with Gasteiger partial charge in [0.15, 0.2) is 9.84 Å². The van der Waals surface area contributed by atoms with E-state index in [1.165, 1.54) is 6.07 Å². The zero-order chi connectivity index (χ0) is 14.0. The number of nitro benzene ring substituents is 1. The molecular weight excluding hydrogens is 270 g/mol. The Bertz CT molecular complexity index is 600. The monoisotopic (exact) mass is 285 g/mol. The van der Waals surface area contributed by atoms with Crippen molar-refractivity contribution in [2.45, 2.75) is 6.42 Å². The number of benzene rings is 1. The number of anilines is 2. The molecule has 2 rings (SSSR count). The average Bonchev–Trinajstić information content (AvgIpc) is 2.66. The van der Waals surface area contributed by atoms with Crippen LogP contribution in [0, 0.1) is 16.0 Å². The molecule has 8 heteroatoms. The third-order valence-corrected chi connectivity index (χ3v) is 4.99. The number of sulfone groups is 1. The van der Waals surface area contributed by atoms with Crippen LogP contribution < -0.4 is 11.1 Å². The van der Waals surface area contributed by atoms with Crippen LogP contribution in [0.25, 0.3) is 0 Å². The van der Waals surface area contributed by atoms with Gasteiger partial charge in [0.05, 0.1) is 16.4 Å². The molecule has 19 heavy (non-hydrogen) atoms. The summed E-state index contributed by atoms with van der Waals surface area (Å²) < 4.78 is 22.7. The molecule has 0 spiro atoms. The Kier molecular flexibility index (Phi) is 3.61. The Morgan fingerprint density at radius 2 is 2.21 bits per heavy atom. The fourth-order valence-electron chi connectivity index (χ4n) is 2.20. The van der Waals surface area contributed by atoms with Gasteiger partial charge in [0.2, 0.25) is 0 Å². The molecule has 0 saturated carbocycles. The second kappa shape index (κ2) is 5.04. The van der Waals surface area contributed by atoms with Gasteiger partial charge in [-0.2, -0.15) is 0 Å². The van der Waals surface area contributed by atoms with Crippen molar-refractivity contribution >= 4 is 26.9 Å². The molecule has 1 aliphatic rings. The van der Waals surface area contributed by atoms with Crippen LogP contribution in [0.4, 0.5) is 17.1 Å². The van der Waals surface area contributed by atoms with Crippen molar-refractivity contribution < 1.29 is 13.3 Å². The third kappa shape index (κ3) is 3.14. The third-order valence-electron chi connectivity index (χ3n) is 3.16. The molecule has 0 aliphatic carbocycles. The Morgan fingerprint density at radius 3 is 2.79 bits per heavy atom. The van der Waals surface area contributed by atoms with E-state index in [1.54, 1.807) is 12.1 Å². The maximum absolute atomic E-state index is 11.3. The van der Waals surface area contributed by atoms with Gasteiger partial charge >= 0.3 is 5.69 Å². The van der Waals surface area contributed by atoms with Gasteiger partial charge in [-0.1, -0.05) is 6.07 Å². The van der Waals surface area contributed by atoms with E-state index in [9.17, 15) is 18.5 Å². The summed E-state index contributed by atoms with van der Waals surface area (Å²) in [6.45, 7) is 0.392. The smallest absolute Gasteiger partial charge is 0.314 e. The normalized spacial score (nSPS) is 21.2. The highest BCUT2D eigenvalue weighted by atomic mass is 32.2. The first-order valence-corrected chi connectivity index (χ1v) is 7.68. The summed E-state index contributed by atoms with van der Waals surface area (Å²) in [6, 6.07) is 4.65. The van der Waals surface area contributed by atoms with E-state index in [2.05, 4.69) is 5.32 Å². The lowest BCUT2D eigenvalue weighted by Gasteiger charge is -2.11. The van der Waals surface area contributed by atoms with E-state index in [-0.39, 0.29) is 28.8 Å². The van der Waals surface area contributed by atoms with Crippen molar-refractivity contribution in [3.8, 4) is 0 Å². The zero-order valence-corrected chi connectivity index (χ0v) is 11.0. The molecule has 0 aromatic heterocycles. The Hall–Kier alpha value is -1.83. The minimum absolute atomic E-state index is 0.00830. The molecule has 1 heterocycles. The van der Waals surface area contributed by atoms with Gasteiger partial charge in [0, 0.05) is 6.54 Å². The van der Waals surface area contributed by atoms with Gasteiger partial charge in [-0.25, -0.2) is 8.42 Å². The Labute approximate surface area is 110 Å². The number of nitrogens with zero attached hydrogens (tertiary/aromatic N) is 1. The van der Waals surface area contributed by atoms with Gasteiger partial charge in [0.1, 0.15) is 11.4 Å². The van der Waals surface area contributed by atoms with Crippen molar-refractivity contribution in [1.29, 1.82) is 0 Å². The highest BCUT2D eigenvalue weighted by Crippen LogP contribution is 2.31. The van der Waals surface area contributed by atoms with Gasteiger partial charge < -0.3 is 11.1 Å². The minimum Gasteiger partial charge on any atom is -0.393 e. The van der Waals surface area contributed by atoms with E-state index < -0.39 is 14.8 Å². The van der Waals surface area contributed by atoms with Crippen LogP contribution in [0.5, 0.6) is 0 Å². The van der Waals surface area contributed by atoms with Crippen molar-refractivity contribution in [2.24, 2.45) is 5.92 Å². The first kappa shape index (κ1) is 13.6. The highest BCUT2D eigenvalue weighted by molar-refractivity contribution is 7.91. The summed E-state index contributed by atoms with van der Waals surface area (Å²) in [4.78, 5) is 10.4. The summed E-state index contributed by atoms with van der Waals surface area (Å²) in [5, 5.41) is 13.9. The summed E-state index contributed by atoms with van der Waals surface area (Å²) in [6.07, 6.45) is 0.589. The van der Waals surface area contributed by atoms with Crippen molar-refractivity contribution in [3.63, 3.8) is 0 Å². The molecule has 0 bridgehead atoms. The Balaban J connectivity index is 2.08. The average molecular weight is 285 g/mol. The number of hydrogen-bond donors (Lipinski definition) is 2. The van der Waals surface area contributed by atoms with E-state index in [0.717, 1.165) is 0 Å². The van der Waals surface area contributed by atoms with E-state index in [1.807, 2.05) is 0 Å². The van der Waals surface area contributed by atoms with Crippen LogP contribution in [0.1, 0.15) is 6.42 Å². The topological polar surface area (TPSA) is 115 Å². The molecule has 3 N–H and O–H groups in total. The number of para-hydroxylation sites is 1. The number of nitrogens with two attached hydrogens (primary N) is 1. The van der Waals surface area contributed by atoms with E-state index >= 15 is 0 Å². The van der Waals surface area contributed by atoms with Gasteiger partial charge in [-0.05, 0) is 24.5 Å². The fourth-order valence-corrected chi connectivity index (χ4v) is 4.06. The summed E-state index contributed by atoms with van der Waals surface area (Å²) >= 11 is 0. The van der Waals surface area contributed by atoms with Crippen LogP contribution in [0.2, 0.25) is 0 Å². The summed E-state index contributed by atoms with van der Waals surface area (Å²) in [7, 11) is -2.93. The lowest BCUT2D eigenvalue weighted by atomic mass is 10.1.